The standard InChI is InChI=1S/C21H24BrFN2O2/c1-3-12-24-21(27)15(2)25(14-17-4-8-18(22)9-5-17)20(26)13-16-6-10-19(23)11-7-16/h4-11,15H,3,12-14H2,1-2H3,(H,24,27)/t15-/m0/s1. The van der Waals surface area contributed by atoms with Crippen LogP contribution in [0.1, 0.15) is 31.4 Å². The van der Waals surface area contributed by atoms with E-state index in [9.17, 15) is 14.0 Å². The van der Waals surface area contributed by atoms with Gasteiger partial charge in [0.25, 0.3) is 0 Å². The number of nitrogens with one attached hydrogen (secondary N) is 1. The third kappa shape index (κ3) is 6.47. The fourth-order valence-electron chi connectivity index (χ4n) is 2.64. The van der Waals surface area contributed by atoms with Crippen LogP contribution in [0.25, 0.3) is 0 Å². The maximum Gasteiger partial charge on any atom is 0.242 e. The van der Waals surface area contributed by atoms with Gasteiger partial charge in [-0.15, -0.1) is 0 Å². The quantitative estimate of drug-likeness (QED) is 0.680. The highest BCUT2D eigenvalue weighted by Gasteiger charge is 2.26. The van der Waals surface area contributed by atoms with E-state index in [-0.39, 0.29) is 24.1 Å². The summed E-state index contributed by atoms with van der Waals surface area (Å²) in [5.41, 5.74) is 1.64. The fraction of sp³-hybridized carbons (Fsp3) is 0.333. The van der Waals surface area contributed by atoms with Crippen molar-refractivity contribution in [1.82, 2.24) is 10.2 Å². The molecule has 0 spiro atoms. The van der Waals surface area contributed by atoms with Gasteiger partial charge >= 0.3 is 0 Å². The first-order valence-electron chi connectivity index (χ1n) is 8.96. The van der Waals surface area contributed by atoms with Crippen molar-refractivity contribution in [2.75, 3.05) is 6.54 Å². The molecule has 0 unspecified atom stereocenters. The third-order valence-corrected chi connectivity index (χ3v) is 4.78. The van der Waals surface area contributed by atoms with E-state index in [0.29, 0.717) is 18.7 Å². The number of halogens is 2. The van der Waals surface area contributed by atoms with Crippen molar-refractivity contribution in [2.45, 2.75) is 39.3 Å². The number of carbonyl (C=O) groups excluding carboxylic acids is 2. The van der Waals surface area contributed by atoms with Crippen molar-refractivity contribution in [1.29, 1.82) is 0 Å². The van der Waals surface area contributed by atoms with Gasteiger partial charge in [-0.3, -0.25) is 9.59 Å². The lowest BCUT2D eigenvalue weighted by molar-refractivity contribution is -0.140. The summed E-state index contributed by atoms with van der Waals surface area (Å²) in [5.74, 6) is -0.699. The molecule has 1 atom stereocenters. The summed E-state index contributed by atoms with van der Waals surface area (Å²) >= 11 is 3.40. The molecule has 0 aromatic heterocycles. The molecule has 2 aromatic rings. The van der Waals surface area contributed by atoms with E-state index >= 15 is 0 Å². The molecular weight excluding hydrogens is 411 g/mol. The van der Waals surface area contributed by atoms with E-state index < -0.39 is 6.04 Å². The maximum absolute atomic E-state index is 13.1. The zero-order valence-electron chi connectivity index (χ0n) is 15.5. The van der Waals surface area contributed by atoms with Crippen LogP contribution in [0.3, 0.4) is 0 Å². The van der Waals surface area contributed by atoms with Gasteiger partial charge in [0.05, 0.1) is 6.42 Å². The Morgan fingerprint density at radius 3 is 2.26 bits per heavy atom. The van der Waals surface area contributed by atoms with Crippen LogP contribution in [0, 0.1) is 5.82 Å². The molecule has 0 aliphatic carbocycles. The monoisotopic (exact) mass is 434 g/mol. The van der Waals surface area contributed by atoms with Gasteiger partial charge < -0.3 is 10.2 Å². The van der Waals surface area contributed by atoms with E-state index in [0.717, 1.165) is 16.5 Å². The Morgan fingerprint density at radius 1 is 1.07 bits per heavy atom. The minimum atomic E-state index is -0.604. The summed E-state index contributed by atoms with van der Waals surface area (Å²) in [6.07, 6.45) is 0.941. The molecule has 0 fully saturated rings. The second-order valence-electron chi connectivity index (χ2n) is 6.42. The minimum absolute atomic E-state index is 0.113. The highest BCUT2D eigenvalue weighted by atomic mass is 79.9. The van der Waals surface area contributed by atoms with Gasteiger partial charge in [-0.2, -0.15) is 0 Å². The fourth-order valence-corrected chi connectivity index (χ4v) is 2.91. The highest BCUT2D eigenvalue weighted by Crippen LogP contribution is 2.16. The van der Waals surface area contributed by atoms with Crippen LogP contribution in [-0.2, 0) is 22.6 Å². The Hall–Kier alpha value is -2.21. The lowest BCUT2D eigenvalue weighted by Crippen LogP contribution is -2.48. The first-order valence-corrected chi connectivity index (χ1v) is 9.76. The van der Waals surface area contributed by atoms with Crippen LogP contribution in [0.15, 0.2) is 53.0 Å². The lowest BCUT2D eigenvalue weighted by Gasteiger charge is -2.29. The minimum Gasteiger partial charge on any atom is -0.354 e. The summed E-state index contributed by atoms with van der Waals surface area (Å²) in [5, 5.41) is 2.84. The van der Waals surface area contributed by atoms with E-state index in [1.165, 1.54) is 12.1 Å². The van der Waals surface area contributed by atoms with Crippen molar-refractivity contribution in [2.24, 2.45) is 0 Å². The molecule has 0 saturated heterocycles. The van der Waals surface area contributed by atoms with Crippen LogP contribution >= 0.6 is 15.9 Å². The molecule has 27 heavy (non-hydrogen) atoms. The summed E-state index contributed by atoms with van der Waals surface area (Å²) < 4.78 is 14.1. The number of hydrogen-bond acceptors (Lipinski definition) is 2. The molecule has 4 nitrogen and oxygen atoms in total. The molecule has 2 aromatic carbocycles. The van der Waals surface area contributed by atoms with Gasteiger partial charge in [0, 0.05) is 17.6 Å². The normalized spacial score (nSPS) is 11.7. The van der Waals surface area contributed by atoms with Gasteiger partial charge in [0.2, 0.25) is 11.8 Å². The van der Waals surface area contributed by atoms with Crippen LogP contribution in [0.5, 0.6) is 0 Å². The van der Waals surface area contributed by atoms with Crippen molar-refractivity contribution in [3.8, 4) is 0 Å². The van der Waals surface area contributed by atoms with Crippen LogP contribution in [-0.4, -0.2) is 29.3 Å². The number of rotatable bonds is 8. The average Bonchev–Trinajstić information content (AvgIpc) is 2.66. The molecule has 6 heteroatoms. The molecule has 1 N–H and O–H groups in total. The van der Waals surface area contributed by atoms with Crippen molar-refractivity contribution < 1.29 is 14.0 Å². The highest BCUT2D eigenvalue weighted by molar-refractivity contribution is 9.10. The van der Waals surface area contributed by atoms with Crippen molar-refractivity contribution >= 4 is 27.7 Å². The van der Waals surface area contributed by atoms with Crippen molar-refractivity contribution in [3.63, 3.8) is 0 Å². The van der Waals surface area contributed by atoms with Crippen molar-refractivity contribution in [3.05, 3.63) is 69.9 Å². The Labute approximate surface area is 167 Å². The predicted molar refractivity (Wildman–Crippen MR) is 108 cm³/mol. The van der Waals surface area contributed by atoms with Crippen LogP contribution in [0.4, 0.5) is 4.39 Å². The Bertz CT molecular complexity index is 763. The number of nitrogens with zero attached hydrogens (tertiary/aromatic N) is 1. The van der Waals surface area contributed by atoms with Gasteiger partial charge in [-0.05, 0) is 48.7 Å². The van der Waals surface area contributed by atoms with E-state index in [1.54, 1.807) is 24.0 Å². The number of hydrogen-bond donors (Lipinski definition) is 1. The van der Waals surface area contributed by atoms with Gasteiger partial charge in [-0.1, -0.05) is 47.1 Å². The second-order valence-corrected chi connectivity index (χ2v) is 7.33. The summed E-state index contributed by atoms with van der Waals surface area (Å²) in [6.45, 7) is 4.60. The smallest absolute Gasteiger partial charge is 0.242 e. The zero-order chi connectivity index (χ0) is 19.8. The maximum atomic E-state index is 13.1. The summed E-state index contributed by atoms with van der Waals surface area (Å²) in [7, 11) is 0. The first kappa shape index (κ1) is 21.1. The second kappa shape index (κ2) is 10.2. The molecule has 0 bridgehead atoms. The molecule has 144 valence electrons. The number of benzene rings is 2. The van der Waals surface area contributed by atoms with Gasteiger partial charge in [0.1, 0.15) is 11.9 Å². The number of amides is 2. The SMILES string of the molecule is CCCNC(=O)[C@H](C)N(Cc1ccc(Br)cc1)C(=O)Cc1ccc(F)cc1. The Kier molecular flexibility index (Phi) is 7.98. The zero-order valence-corrected chi connectivity index (χ0v) is 17.1. The van der Waals surface area contributed by atoms with Gasteiger partial charge in [-0.25, -0.2) is 4.39 Å². The Balaban J connectivity index is 2.18. The van der Waals surface area contributed by atoms with E-state index in [2.05, 4.69) is 21.2 Å². The molecule has 0 aliphatic rings. The molecule has 2 amide bonds. The summed E-state index contributed by atoms with van der Waals surface area (Å²) in [6, 6.07) is 12.9. The Morgan fingerprint density at radius 2 is 1.67 bits per heavy atom. The van der Waals surface area contributed by atoms with Crippen LogP contribution in [0.2, 0.25) is 0 Å². The number of carbonyl (C=O) groups is 2. The molecular formula is C21H24BrFN2O2. The third-order valence-electron chi connectivity index (χ3n) is 4.25. The lowest BCUT2D eigenvalue weighted by atomic mass is 10.1. The topological polar surface area (TPSA) is 49.4 Å². The molecule has 0 radical (unpaired) electrons. The van der Waals surface area contributed by atoms with E-state index in [1.807, 2.05) is 31.2 Å². The predicted octanol–water partition coefficient (Wildman–Crippen LogP) is 4.07. The largest absolute Gasteiger partial charge is 0.354 e. The van der Waals surface area contributed by atoms with Gasteiger partial charge in [0.15, 0.2) is 0 Å². The first-order chi connectivity index (χ1) is 12.9. The molecule has 0 heterocycles. The van der Waals surface area contributed by atoms with Crippen LogP contribution < -0.4 is 5.32 Å². The van der Waals surface area contributed by atoms with E-state index in [4.69, 9.17) is 0 Å². The summed E-state index contributed by atoms with van der Waals surface area (Å²) in [4.78, 5) is 26.9. The molecule has 0 aliphatic heterocycles. The molecule has 2 rings (SSSR count). The average molecular weight is 435 g/mol. The molecule has 0 saturated carbocycles.